The summed E-state index contributed by atoms with van der Waals surface area (Å²) in [5.41, 5.74) is 2.20. The van der Waals surface area contributed by atoms with Crippen LogP contribution in [-0.4, -0.2) is 29.6 Å². The number of halogens is 2. The lowest BCUT2D eigenvalue weighted by Gasteiger charge is -2.00. The Hall–Kier alpha value is -2.13. The molecule has 4 rings (SSSR count). The van der Waals surface area contributed by atoms with E-state index < -0.39 is 0 Å². The maximum atomic E-state index is 14.2. The number of rotatable bonds is 3. The van der Waals surface area contributed by atoms with Crippen molar-refractivity contribution in [2.45, 2.75) is 20.4 Å². The Morgan fingerprint density at radius 1 is 1.21 bits per heavy atom. The average Bonchev–Trinajstić information content (AvgIpc) is 3.23. The van der Waals surface area contributed by atoms with Gasteiger partial charge in [0.2, 0.25) is 4.96 Å². The van der Waals surface area contributed by atoms with Crippen LogP contribution in [0.4, 0.5) is 4.39 Å². The molecule has 0 atom stereocenters. The molecule has 3 heterocycles. The highest BCUT2D eigenvalue weighted by Gasteiger charge is 2.19. The molecule has 9 heteroatoms. The Kier molecular flexibility index (Phi) is 3.69. The molecule has 0 amide bonds. The minimum atomic E-state index is -0.367. The second kappa shape index (κ2) is 5.75. The minimum Gasteiger partial charge on any atom is -0.269 e. The minimum absolute atomic E-state index is 0.351. The molecule has 0 N–H and O–H groups in total. The summed E-state index contributed by atoms with van der Waals surface area (Å²) < 4.78 is 18.4. The number of aromatic nitrogens is 6. The molecule has 0 aliphatic rings. The SMILES string of the molecule is CCn1nc(-c2nn3c(-c4cc(Br)ccc4F)nnc3s2)cc1C. The maximum Gasteiger partial charge on any atom is 0.235 e. The summed E-state index contributed by atoms with van der Waals surface area (Å²) in [5, 5.41) is 18.0. The molecule has 3 aromatic heterocycles. The molecular formula is C15H12BrFN6S. The molecule has 0 unspecified atom stereocenters. The summed E-state index contributed by atoms with van der Waals surface area (Å²) in [6, 6.07) is 6.68. The number of aryl methyl sites for hydroxylation is 2. The van der Waals surface area contributed by atoms with Gasteiger partial charge in [0.25, 0.3) is 0 Å². The van der Waals surface area contributed by atoms with Gasteiger partial charge in [0.15, 0.2) is 10.8 Å². The monoisotopic (exact) mass is 406 g/mol. The lowest BCUT2D eigenvalue weighted by atomic mass is 10.2. The first kappa shape index (κ1) is 15.4. The Morgan fingerprint density at radius 3 is 2.79 bits per heavy atom. The van der Waals surface area contributed by atoms with Gasteiger partial charge >= 0.3 is 0 Å². The van der Waals surface area contributed by atoms with Crippen LogP contribution < -0.4 is 0 Å². The second-order valence-electron chi connectivity index (χ2n) is 5.24. The molecule has 6 nitrogen and oxygen atoms in total. The lowest BCUT2D eigenvalue weighted by molar-refractivity contribution is 0.629. The molecule has 0 aliphatic carbocycles. The van der Waals surface area contributed by atoms with Crippen molar-refractivity contribution >= 4 is 32.2 Å². The number of hydrogen-bond acceptors (Lipinski definition) is 5. The summed E-state index contributed by atoms with van der Waals surface area (Å²) in [6.07, 6.45) is 0. The van der Waals surface area contributed by atoms with Crippen LogP contribution in [0.15, 0.2) is 28.7 Å². The Bertz CT molecular complexity index is 1050. The number of nitrogens with zero attached hydrogens (tertiary/aromatic N) is 6. The summed E-state index contributed by atoms with van der Waals surface area (Å²) >= 11 is 4.73. The Morgan fingerprint density at radius 2 is 2.04 bits per heavy atom. The topological polar surface area (TPSA) is 60.9 Å². The first-order chi connectivity index (χ1) is 11.6. The van der Waals surface area contributed by atoms with Gasteiger partial charge in [-0.25, -0.2) is 4.39 Å². The van der Waals surface area contributed by atoms with Crippen LogP contribution in [-0.2, 0) is 6.54 Å². The quantitative estimate of drug-likeness (QED) is 0.516. The van der Waals surface area contributed by atoms with Crippen molar-refractivity contribution in [3.05, 3.63) is 40.2 Å². The van der Waals surface area contributed by atoms with E-state index >= 15 is 0 Å². The zero-order chi connectivity index (χ0) is 16.8. The van der Waals surface area contributed by atoms with Crippen LogP contribution >= 0.6 is 27.3 Å². The van der Waals surface area contributed by atoms with Gasteiger partial charge in [0.1, 0.15) is 11.5 Å². The van der Waals surface area contributed by atoms with E-state index in [2.05, 4.69) is 36.3 Å². The van der Waals surface area contributed by atoms with E-state index in [1.54, 1.807) is 16.6 Å². The summed E-state index contributed by atoms with van der Waals surface area (Å²) in [7, 11) is 0. The van der Waals surface area contributed by atoms with Gasteiger partial charge in [0.05, 0.1) is 5.56 Å². The molecule has 0 saturated heterocycles. The molecule has 0 saturated carbocycles. The van der Waals surface area contributed by atoms with Crippen LogP contribution in [0, 0.1) is 12.7 Å². The van der Waals surface area contributed by atoms with Gasteiger partial charge in [-0.3, -0.25) is 4.68 Å². The highest BCUT2D eigenvalue weighted by atomic mass is 79.9. The van der Waals surface area contributed by atoms with Crippen molar-refractivity contribution in [2.24, 2.45) is 0 Å². The van der Waals surface area contributed by atoms with Crippen LogP contribution in [0.3, 0.4) is 0 Å². The predicted molar refractivity (Wildman–Crippen MR) is 93.4 cm³/mol. The molecule has 1 aromatic carbocycles. The van der Waals surface area contributed by atoms with Crippen LogP contribution in [0.1, 0.15) is 12.6 Å². The van der Waals surface area contributed by atoms with E-state index in [1.807, 2.05) is 24.6 Å². The smallest absolute Gasteiger partial charge is 0.235 e. The van der Waals surface area contributed by atoms with Crippen LogP contribution in [0.5, 0.6) is 0 Å². The van der Waals surface area contributed by atoms with Crippen molar-refractivity contribution in [1.82, 2.24) is 29.6 Å². The van der Waals surface area contributed by atoms with E-state index in [0.717, 1.165) is 27.4 Å². The van der Waals surface area contributed by atoms with E-state index in [0.29, 0.717) is 16.3 Å². The molecule has 0 radical (unpaired) electrons. The van der Waals surface area contributed by atoms with Crippen molar-refractivity contribution in [3.63, 3.8) is 0 Å². The molecule has 122 valence electrons. The number of hydrogen-bond donors (Lipinski definition) is 0. The molecule has 4 aromatic rings. The zero-order valence-electron chi connectivity index (χ0n) is 12.9. The third-order valence-corrected chi connectivity index (χ3v) is 5.07. The second-order valence-corrected chi connectivity index (χ2v) is 7.11. The normalized spacial score (nSPS) is 11.5. The van der Waals surface area contributed by atoms with Gasteiger partial charge in [0, 0.05) is 16.7 Å². The first-order valence-electron chi connectivity index (χ1n) is 7.29. The van der Waals surface area contributed by atoms with Crippen LogP contribution in [0.25, 0.3) is 27.1 Å². The third kappa shape index (κ3) is 2.44. The first-order valence-corrected chi connectivity index (χ1v) is 8.90. The Balaban J connectivity index is 1.85. The summed E-state index contributed by atoms with van der Waals surface area (Å²) in [6.45, 7) is 4.84. The van der Waals surface area contributed by atoms with Crippen molar-refractivity contribution in [3.8, 4) is 22.1 Å². The maximum absolute atomic E-state index is 14.2. The van der Waals surface area contributed by atoms with Gasteiger partial charge in [-0.15, -0.1) is 10.2 Å². The highest BCUT2D eigenvalue weighted by Crippen LogP contribution is 2.30. The molecule has 0 bridgehead atoms. The van der Waals surface area contributed by atoms with Crippen molar-refractivity contribution in [2.75, 3.05) is 0 Å². The molecular weight excluding hydrogens is 395 g/mol. The highest BCUT2D eigenvalue weighted by molar-refractivity contribution is 9.10. The number of fused-ring (bicyclic) bond motifs is 1. The Labute approximate surface area is 149 Å². The molecule has 24 heavy (non-hydrogen) atoms. The van der Waals surface area contributed by atoms with Crippen LogP contribution in [0.2, 0.25) is 0 Å². The van der Waals surface area contributed by atoms with Crippen molar-refractivity contribution in [1.29, 1.82) is 0 Å². The van der Waals surface area contributed by atoms with Crippen molar-refractivity contribution < 1.29 is 4.39 Å². The lowest BCUT2D eigenvalue weighted by Crippen LogP contribution is -1.98. The summed E-state index contributed by atoms with van der Waals surface area (Å²) in [4.78, 5) is 0.600. The standard InChI is InChI=1S/C15H12BrFN6S/c1-3-22-8(2)6-12(20-22)14-21-23-13(18-19-15(23)24-14)10-7-9(16)4-5-11(10)17/h4-7H,3H2,1-2H3. The largest absolute Gasteiger partial charge is 0.269 e. The fourth-order valence-corrected chi connectivity index (χ4v) is 3.65. The average molecular weight is 407 g/mol. The van der Waals surface area contributed by atoms with E-state index in [4.69, 9.17) is 0 Å². The van der Waals surface area contributed by atoms with E-state index in [1.165, 1.54) is 17.4 Å². The van der Waals surface area contributed by atoms with E-state index in [9.17, 15) is 4.39 Å². The molecule has 0 spiro atoms. The summed E-state index contributed by atoms with van der Waals surface area (Å²) in [5.74, 6) is 0.00565. The van der Waals surface area contributed by atoms with Gasteiger partial charge in [-0.05, 0) is 38.1 Å². The van der Waals surface area contributed by atoms with Gasteiger partial charge in [-0.2, -0.15) is 14.7 Å². The number of benzene rings is 1. The fraction of sp³-hybridized carbons (Fsp3) is 0.200. The van der Waals surface area contributed by atoms with Gasteiger partial charge in [-0.1, -0.05) is 27.3 Å². The van der Waals surface area contributed by atoms with Gasteiger partial charge < -0.3 is 0 Å². The molecule has 0 fully saturated rings. The zero-order valence-corrected chi connectivity index (χ0v) is 15.3. The van der Waals surface area contributed by atoms with E-state index in [-0.39, 0.29) is 5.82 Å². The molecule has 0 aliphatic heterocycles. The predicted octanol–water partition coefficient (Wildman–Crippen LogP) is 3.95. The third-order valence-electron chi connectivity index (χ3n) is 3.66. The fourth-order valence-electron chi connectivity index (χ4n) is 2.49.